The Balaban J connectivity index is 2.34. The second-order valence-corrected chi connectivity index (χ2v) is 6.71. The summed E-state index contributed by atoms with van der Waals surface area (Å²) in [6.07, 6.45) is 2.90. The van der Waals surface area contributed by atoms with Gasteiger partial charge >= 0.3 is 0 Å². The van der Waals surface area contributed by atoms with Crippen LogP contribution < -0.4 is 5.73 Å². The normalized spacial score (nSPS) is 24.9. The number of carbonyl (C=O) groups excluding carboxylic acids is 1. The molecule has 0 heterocycles. The number of halogens is 3. The topological polar surface area (TPSA) is 43.1 Å². The highest BCUT2D eigenvalue weighted by molar-refractivity contribution is 9.12. The molecule has 106 valence electrons. The van der Waals surface area contributed by atoms with Crippen molar-refractivity contribution in [2.24, 2.45) is 5.41 Å². The van der Waals surface area contributed by atoms with Crippen molar-refractivity contribution < 1.29 is 9.18 Å². The maximum atomic E-state index is 13.9. The van der Waals surface area contributed by atoms with E-state index in [4.69, 9.17) is 17.3 Å². The van der Waals surface area contributed by atoms with Gasteiger partial charge in [-0.1, -0.05) is 18.5 Å². The predicted octanol–water partition coefficient (Wildman–Crippen LogP) is 4.48. The molecule has 0 amide bonds. The number of Topliss-reactive ketones (excluding diaryl/α,β-unsaturated/α-hetero) is 1. The molecule has 2 N–H and O–H groups in total. The zero-order valence-electron chi connectivity index (χ0n) is 11.0. The van der Waals surface area contributed by atoms with Crippen molar-refractivity contribution in [2.45, 2.75) is 32.6 Å². The summed E-state index contributed by atoms with van der Waals surface area (Å²) in [5.74, 6) is -0.447. The summed E-state index contributed by atoms with van der Waals surface area (Å²) in [4.78, 5) is 12.0. The van der Waals surface area contributed by atoms with Crippen LogP contribution in [0.4, 0.5) is 10.1 Å². The molecule has 0 saturated heterocycles. The highest BCUT2D eigenvalue weighted by Gasteiger charge is 2.46. The van der Waals surface area contributed by atoms with Gasteiger partial charge < -0.3 is 5.73 Å². The van der Waals surface area contributed by atoms with Gasteiger partial charge in [0, 0.05) is 11.8 Å². The summed E-state index contributed by atoms with van der Waals surface area (Å²) in [7, 11) is 0. The number of rotatable bonds is 1. The van der Waals surface area contributed by atoms with E-state index in [9.17, 15) is 9.18 Å². The first kappa shape index (κ1) is 14.1. The molecule has 2 aliphatic rings. The molecule has 1 unspecified atom stereocenters. The molecular weight excluding hydrogens is 345 g/mol. The van der Waals surface area contributed by atoms with E-state index in [1.807, 2.05) is 0 Å². The lowest BCUT2D eigenvalue weighted by molar-refractivity contribution is -0.115. The van der Waals surface area contributed by atoms with E-state index in [1.54, 1.807) is 0 Å². The number of allylic oxidation sites excluding steroid dienone is 2. The van der Waals surface area contributed by atoms with Crippen LogP contribution >= 0.6 is 27.5 Å². The van der Waals surface area contributed by atoms with Gasteiger partial charge in [-0.15, -0.1) is 0 Å². The number of fused-ring (bicyclic) bond motifs is 3. The first-order valence-corrected chi connectivity index (χ1v) is 7.78. The predicted molar refractivity (Wildman–Crippen MR) is 82.3 cm³/mol. The average Bonchev–Trinajstić information content (AvgIpc) is 2.77. The largest absolute Gasteiger partial charge is 0.395 e. The standard InChI is InChI=1S/C15H14BrClFNO/c1-2-15-4-3-10(20)12(16)11(15)7-5-9(18)14(19)13(17)8(7)6-15/h5H,2-4,6,19H2,1H3. The lowest BCUT2D eigenvalue weighted by Crippen LogP contribution is -2.26. The summed E-state index contributed by atoms with van der Waals surface area (Å²) in [6.45, 7) is 2.09. The maximum absolute atomic E-state index is 13.9. The minimum Gasteiger partial charge on any atom is -0.395 e. The average molecular weight is 359 g/mol. The van der Waals surface area contributed by atoms with Gasteiger partial charge in [-0.3, -0.25) is 4.79 Å². The number of nitrogens with two attached hydrogens (primary N) is 1. The number of nitrogen functional groups attached to an aromatic ring is 1. The lowest BCUT2D eigenvalue weighted by Gasteiger charge is -2.34. The molecule has 0 saturated carbocycles. The molecule has 0 fully saturated rings. The van der Waals surface area contributed by atoms with Gasteiger partial charge in [0.05, 0.1) is 15.2 Å². The van der Waals surface area contributed by atoms with Crippen molar-refractivity contribution in [1.82, 2.24) is 0 Å². The van der Waals surface area contributed by atoms with Crippen molar-refractivity contribution in [2.75, 3.05) is 5.73 Å². The van der Waals surface area contributed by atoms with E-state index in [1.165, 1.54) is 6.07 Å². The number of ketones is 1. The van der Waals surface area contributed by atoms with Crippen molar-refractivity contribution in [1.29, 1.82) is 0 Å². The van der Waals surface area contributed by atoms with Gasteiger partial charge in [0.1, 0.15) is 5.82 Å². The third kappa shape index (κ3) is 1.70. The molecule has 1 aromatic rings. The third-order valence-corrected chi connectivity index (χ3v) is 5.91. The molecule has 0 aliphatic heterocycles. The van der Waals surface area contributed by atoms with Crippen molar-refractivity contribution in [3.63, 3.8) is 0 Å². The third-order valence-electron chi connectivity index (χ3n) is 4.64. The Morgan fingerprint density at radius 2 is 2.25 bits per heavy atom. The highest BCUT2D eigenvalue weighted by atomic mass is 79.9. The van der Waals surface area contributed by atoms with Crippen molar-refractivity contribution in [3.8, 4) is 0 Å². The number of benzene rings is 1. The molecule has 2 nitrogen and oxygen atoms in total. The van der Waals surface area contributed by atoms with Gasteiger partial charge in [0.2, 0.25) is 0 Å². The fourth-order valence-electron chi connectivity index (χ4n) is 3.43. The summed E-state index contributed by atoms with van der Waals surface area (Å²) >= 11 is 9.63. The fraction of sp³-hybridized carbons (Fsp3) is 0.400. The van der Waals surface area contributed by atoms with Gasteiger partial charge in [-0.25, -0.2) is 4.39 Å². The lowest BCUT2D eigenvalue weighted by atomic mass is 9.71. The van der Waals surface area contributed by atoms with Crippen LogP contribution in [0.5, 0.6) is 0 Å². The molecule has 0 aromatic heterocycles. The number of hydrogen-bond donors (Lipinski definition) is 1. The van der Waals surface area contributed by atoms with E-state index in [-0.39, 0.29) is 16.9 Å². The number of hydrogen-bond acceptors (Lipinski definition) is 2. The molecule has 0 spiro atoms. The zero-order chi connectivity index (χ0) is 14.7. The molecule has 3 rings (SSSR count). The first-order valence-electron chi connectivity index (χ1n) is 6.61. The summed E-state index contributed by atoms with van der Waals surface area (Å²) < 4.78 is 14.5. The van der Waals surface area contributed by atoms with Crippen LogP contribution in [0.2, 0.25) is 5.02 Å². The summed E-state index contributed by atoms with van der Waals surface area (Å²) in [6, 6.07) is 1.42. The molecule has 1 aromatic carbocycles. The quantitative estimate of drug-likeness (QED) is 0.752. The van der Waals surface area contributed by atoms with Crippen LogP contribution in [0, 0.1) is 11.2 Å². The zero-order valence-corrected chi connectivity index (χ0v) is 13.4. The molecule has 0 radical (unpaired) electrons. The van der Waals surface area contributed by atoms with Crippen LogP contribution in [0.25, 0.3) is 5.57 Å². The Morgan fingerprint density at radius 1 is 1.55 bits per heavy atom. The Bertz CT molecular complexity index is 670. The molecular formula is C15H14BrClFNO. The first-order chi connectivity index (χ1) is 9.41. The van der Waals surface area contributed by atoms with Gasteiger partial charge in [-0.05, 0) is 58.0 Å². The van der Waals surface area contributed by atoms with E-state index in [0.717, 1.165) is 36.0 Å². The van der Waals surface area contributed by atoms with Crippen LogP contribution in [0.3, 0.4) is 0 Å². The number of carbonyl (C=O) groups is 1. The monoisotopic (exact) mass is 357 g/mol. The van der Waals surface area contributed by atoms with E-state index < -0.39 is 5.82 Å². The van der Waals surface area contributed by atoms with E-state index in [2.05, 4.69) is 22.9 Å². The SMILES string of the molecule is CCC12CCC(=O)C(Br)=C1c1cc(F)c(N)c(Cl)c1C2. The molecule has 0 bridgehead atoms. The second kappa shape index (κ2) is 4.57. The number of anilines is 1. The molecule has 2 aliphatic carbocycles. The van der Waals surface area contributed by atoms with Gasteiger partial charge in [0.15, 0.2) is 5.78 Å². The van der Waals surface area contributed by atoms with E-state index in [0.29, 0.717) is 15.9 Å². The smallest absolute Gasteiger partial charge is 0.170 e. The summed E-state index contributed by atoms with van der Waals surface area (Å²) in [5, 5.41) is 0.294. The van der Waals surface area contributed by atoms with Crippen LogP contribution in [0.1, 0.15) is 37.3 Å². The Kier molecular flexibility index (Phi) is 3.22. The van der Waals surface area contributed by atoms with E-state index >= 15 is 0 Å². The van der Waals surface area contributed by atoms with Crippen LogP contribution in [0.15, 0.2) is 10.5 Å². The minimum absolute atomic E-state index is 0.00151. The summed E-state index contributed by atoms with van der Waals surface area (Å²) in [5.41, 5.74) is 8.08. The Hall–Kier alpha value is -0.870. The van der Waals surface area contributed by atoms with Crippen LogP contribution in [-0.2, 0) is 11.2 Å². The Labute approximate surface area is 130 Å². The second-order valence-electron chi connectivity index (χ2n) is 5.53. The van der Waals surface area contributed by atoms with Gasteiger partial charge in [0.25, 0.3) is 0 Å². The van der Waals surface area contributed by atoms with Crippen molar-refractivity contribution >= 4 is 44.6 Å². The maximum Gasteiger partial charge on any atom is 0.170 e. The van der Waals surface area contributed by atoms with Gasteiger partial charge in [-0.2, -0.15) is 0 Å². The molecule has 20 heavy (non-hydrogen) atoms. The minimum atomic E-state index is -0.522. The molecule has 5 heteroatoms. The van der Waals surface area contributed by atoms with Crippen LogP contribution in [-0.4, -0.2) is 5.78 Å². The fourth-order valence-corrected chi connectivity index (χ4v) is 4.52. The Morgan fingerprint density at radius 3 is 2.90 bits per heavy atom. The highest BCUT2D eigenvalue weighted by Crippen LogP contribution is 2.58. The molecule has 1 atom stereocenters. The van der Waals surface area contributed by atoms with Crippen molar-refractivity contribution in [3.05, 3.63) is 32.5 Å².